The van der Waals surface area contributed by atoms with Gasteiger partial charge in [-0.3, -0.25) is 19.2 Å². The molecule has 1 saturated heterocycles. The normalized spacial score (nSPS) is 39.6. The van der Waals surface area contributed by atoms with Gasteiger partial charge in [-0.15, -0.1) is 0 Å². The number of hydrogen-bond acceptors (Lipinski definition) is 11. The highest BCUT2D eigenvalue weighted by molar-refractivity contribution is 5.99. The molecule has 6 rings (SSSR count). The van der Waals surface area contributed by atoms with Gasteiger partial charge in [0, 0.05) is 24.7 Å². The van der Waals surface area contributed by atoms with Crippen LogP contribution in [0.2, 0.25) is 0 Å². The first kappa shape index (κ1) is 40.3. The number of carbonyl (C=O) groups excluding carboxylic acids is 2. The molecule has 1 heterocycles. The zero-order valence-corrected chi connectivity index (χ0v) is 31.2. The maximum absolute atomic E-state index is 13.3. The Balaban J connectivity index is 1.34. The Morgan fingerprint density at radius 2 is 1.69 bits per heavy atom. The standard InChI is InChI=1S/C40H55NO13/c1-21(2)16-28(43)41-30-32(54-29(44)11-10-23-8-6-5-7-9-23)31(45)25(19-42)53-34(30)52-24-17-37(4)26-13-15-39(51)20-38(26,33(46)22(39)3)14-12-27(37)40(18-24,35(47)48)36(49)50/h5-9,21,24-27,30-34,42,45-46,51H,3,10-20H2,1-2,4H3,(H,41,43)(H,47,48)(H,49,50)/t24-,25+,26-,27-,30+,31+,32-,33-,34-,37-,38+,39-/m0/s1. The minimum atomic E-state index is -2.31. The van der Waals surface area contributed by atoms with Crippen molar-refractivity contribution in [2.45, 2.75) is 133 Å². The van der Waals surface area contributed by atoms with Crippen LogP contribution in [0.1, 0.15) is 84.1 Å². The third kappa shape index (κ3) is 6.76. The number of hydrogen-bond donors (Lipinski definition) is 7. The van der Waals surface area contributed by atoms with Gasteiger partial charge in [0.25, 0.3) is 0 Å². The first-order valence-corrected chi connectivity index (χ1v) is 19.1. The topological polar surface area (TPSA) is 229 Å². The molecule has 1 spiro atoms. The van der Waals surface area contributed by atoms with E-state index in [4.69, 9.17) is 14.2 Å². The number of aliphatic carboxylic acids is 2. The van der Waals surface area contributed by atoms with Crippen molar-refractivity contribution in [3.8, 4) is 0 Å². The van der Waals surface area contributed by atoms with E-state index in [1.165, 1.54) is 0 Å². The maximum atomic E-state index is 13.3. The van der Waals surface area contributed by atoms with E-state index >= 15 is 0 Å². The van der Waals surface area contributed by atoms with Crippen molar-refractivity contribution in [2.24, 2.45) is 34.0 Å². The summed E-state index contributed by atoms with van der Waals surface area (Å²) < 4.78 is 18.4. The Morgan fingerprint density at radius 3 is 2.31 bits per heavy atom. The van der Waals surface area contributed by atoms with Gasteiger partial charge in [-0.05, 0) is 79.3 Å². The first-order chi connectivity index (χ1) is 25.4. The summed E-state index contributed by atoms with van der Waals surface area (Å²) in [6.45, 7) is 8.81. The number of nitrogens with one attached hydrogen (secondary N) is 1. The predicted octanol–water partition coefficient (Wildman–Crippen LogP) is 2.34. The molecule has 7 N–H and O–H groups in total. The smallest absolute Gasteiger partial charge is 0.321 e. The number of aryl methyl sites for hydroxylation is 1. The lowest BCUT2D eigenvalue weighted by Gasteiger charge is -2.64. The average Bonchev–Trinajstić information content (AvgIpc) is 3.24. The third-order valence-electron chi connectivity index (χ3n) is 13.5. The average molecular weight is 758 g/mol. The van der Waals surface area contributed by atoms with E-state index in [-0.39, 0.29) is 44.4 Å². The van der Waals surface area contributed by atoms with E-state index in [0.717, 1.165) is 5.56 Å². The van der Waals surface area contributed by atoms with Gasteiger partial charge in [0.05, 0.1) is 24.4 Å². The van der Waals surface area contributed by atoms with E-state index in [1.807, 2.05) is 51.1 Å². The molecule has 14 heteroatoms. The molecule has 54 heavy (non-hydrogen) atoms. The van der Waals surface area contributed by atoms with Crippen LogP contribution in [0.3, 0.4) is 0 Å². The molecule has 1 aliphatic heterocycles. The number of carboxylic acid groups (broad SMARTS) is 2. The summed E-state index contributed by atoms with van der Waals surface area (Å²) >= 11 is 0. The molecule has 4 saturated carbocycles. The minimum Gasteiger partial charge on any atom is -0.480 e. The summed E-state index contributed by atoms with van der Waals surface area (Å²) in [5, 5.41) is 69.0. The largest absolute Gasteiger partial charge is 0.480 e. The summed E-state index contributed by atoms with van der Waals surface area (Å²) in [4.78, 5) is 53.1. The number of esters is 1. The Hall–Kier alpha value is -3.40. The highest BCUT2D eigenvalue weighted by Gasteiger charge is 2.74. The number of rotatable bonds is 12. The fraction of sp³-hybridized carbons (Fsp3) is 0.700. The van der Waals surface area contributed by atoms with Gasteiger partial charge in [-0.25, -0.2) is 0 Å². The molecular formula is C40H55NO13. The van der Waals surface area contributed by atoms with Gasteiger partial charge in [0.1, 0.15) is 18.2 Å². The van der Waals surface area contributed by atoms with E-state index in [2.05, 4.69) is 11.9 Å². The Labute approximate surface area is 314 Å². The van der Waals surface area contributed by atoms with Crippen molar-refractivity contribution >= 4 is 23.8 Å². The molecule has 0 unspecified atom stereocenters. The molecular weight excluding hydrogens is 702 g/mol. The molecule has 5 fully saturated rings. The number of aliphatic hydroxyl groups excluding tert-OH is 3. The van der Waals surface area contributed by atoms with Crippen molar-refractivity contribution in [1.29, 1.82) is 0 Å². The van der Waals surface area contributed by atoms with Crippen molar-refractivity contribution in [3.05, 3.63) is 48.0 Å². The van der Waals surface area contributed by atoms with Gasteiger partial charge in [0.2, 0.25) is 5.91 Å². The van der Waals surface area contributed by atoms with Crippen LogP contribution in [0.25, 0.3) is 0 Å². The first-order valence-electron chi connectivity index (χ1n) is 19.1. The van der Waals surface area contributed by atoms with Crippen LogP contribution in [0.15, 0.2) is 42.5 Å². The second-order valence-corrected chi connectivity index (χ2v) is 17.2. The lowest BCUT2D eigenvalue weighted by atomic mass is 9.40. The second kappa shape index (κ2) is 14.9. The van der Waals surface area contributed by atoms with Gasteiger partial charge in [0.15, 0.2) is 17.8 Å². The van der Waals surface area contributed by atoms with Gasteiger partial charge in [-0.2, -0.15) is 0 Å². The van der Waals surface area contributed by atoms with E-state index < -0.39 is 113 Å². The fourth-order valence-corrected chi connectivity index (χ4v) is 11.2. The molecule has 298 valence electrons. The molecule has 2 bridgehead atoms. The summed E-state index contributed by atoms with van der Waals surface area (Å²) in [6.07, 6.45) is -6.67. The molecule has 1 aromatic carbocycles. The van der Waals surface area contributed by atoms with Crippen LogP contribution >= 0.6 is 0 Å². The molecule has 1 aromatic rings. The lowest BCUT2D eigenvalue weighted by molar-refractivity contribution is -0.300. The number of amides is 1. The summed E-state index contributed by atoms with van der Waals surface area (Å²) in [5.41, 5.74) is -4.26. The number of benzene rings is 1. The maximum Gasteiger partial charge on any atom is 0.321 e. The van der Waals surface area contributed by atoms with Gasteiger partial charge in [-0.1, -0.05) is 57.7 Å². The van der Waals surface area contributed by atoms with Crippen LogP contribution in [0, 0.1) is 34.0 Å². The monoisotopic (exact) mass is 757 g/mol. The Morgan fingerprint density at radius 1 is 1.02 bits per heavy atom. The predicted molar refractivity (Wildman–Crippen MR) is 190 cm³/mol. The quantitative estimate of drug-likeness (QED) is 0.0704. The van der Waals surface area contributed by atoms with Crippen LogP contribution < -0.4 is 5.32 Å². The van der Waals surface area contributed by atoms with Crippen molar-refractivity contribution in [3.63, 3.8) is 0 Å². The van der Waals surface area contributed by atoms with Crippen molar-refractivity contribution < 1.29 is 64.0 Å². The number of ether oxygens (including phenoxy) is 3. The minimum absolute atomic E-state index is 0.0608. The molecule has 1 amide bonds. The summed E-state index contributed by atoms with van der Waals surface area (Å²) in [5.74, 6) is -5.55. The molecule has 4 aliphatic carbocycles. The molecule has 5 aliphatic rings. The number of carbonyl (C=O) groups is 4. The summed E-state index contributed by atoms with van der Waals surface area (Å²) in [6, 6.07) is 7.90. The number of aliphatic hydroxyl groups is 4. The van der Waals surface area contributed by atoms with Crippen LogP contribution in [-0.4, -0.2) is 110 Å². The molecule has 0 radical (unpaired) electrons. The van der Waals surface area contributed by atoms with Crippen LogP contribution in [-0.2, 0) is 39.8 Å². The van der Waals surface area contributed by atoms with Gasteiger partial charge < -0.3 is 50.2 Å². The highest BCUT2D eigenvalue weighted by Crippen LogP contribution is 2.73. The zero-order valence-electron chi connectivity index (χ0n) is 31.2. The van der Waals surface area contributed by atoms with E-state index in [0.29, 0.717) is 24.8 Å². The molecule has 12 atom stereocenters. The lowest BCUT2D eigenvalue weighted by Crippen LogP contribution is -2.68. The zero-order chi connectivity index (χ0) is 39.4. The van der Waals surface area contributed by atoms with Crippen LogP contribution in [0.4, 0.5) is 0 Å². The highest BCUT2D eigenvalue weighted by atomic mass is 16.7. The van der Waals surface area contributed by atoms with Crippen LogP contribution in [0.5, 0.6) is 0 Å². The van der Waals surface area contributed by atoms with E-state index in [9.17, 15) is 49.8 Å². The van der Waals surface area contributed by atoms with E-state index in [1.54, 1.807) is 0 Å². The van der Waals surface area contributed by atoms with Gasteiger partial charge >= 0.3 is 17.9 Å². The Bertz CT molecular complexity index is 1600. The molecule has 14 nitrogen and oxygen atoms in total. The van der Waals surface area contributed by atoms with Crippen molar-refractivity contribution in [1.82, 2.24) is 5.32 Å². The fourth-order valence-electron chi connectivity index (χ4n) is 11.2. The van der Waals surface area contributed by atoms with Crippen molar-refractivity contribution in [2.75, 3.05) is 6.61 Å². The Kier molecular flexibility index (Phi) is 11.1. The summed E-state index contributed by atoms with van der Waals surface area (Å²) in [7, 11) is 0. The molecule has 0 aromatic heterocycles. The SMILES string of the molecule is C=C1[C@H](O)[C@@]23CC[C@@H]4C(C(=O)O)(C(=O)O)C[C@@H](O[C@H]5O[C@H](CO)[C@@H](O)[C@@H](OC(=O)CCc6ccccc6)[C@H]5NC(=O)CC(C)C)C[C@@]4(C)[C@@H]2CC[C@]1(O)C3. The number of fused-ring (bicyclic) bond motifs is 3. The second-order valence-electron chi connectivity index (χ2n) is 17.2. The third-order valence-corrected chi connectivity index (χ3v) is 13.5. The number of carboxylic acids is 2.